The van der Waals surface area contributed by atoms with Crippen molar-refractivity contribution in [3.05, 3.63) is 52.7 Å². The Bertz CT molecular complexity index is 1700. The molecule has 12 nitrogen and oxygen atoms in total. The van der Waals surface area contributed by atoms with E-state index in [4.69, 9.17) is 18.9 Å². The van der Waals surface area contributed by atoms with E-state index in [-0.39, 0.29) is 23.6 Å². The van der Waals surface area contributed by atoms with E-state index >= 15 is 0 Å². The quantitative estimate of drug-likeness (QED) is 0.140. The van der Waals surface area contributed by atoms with E-state index in [1.165, 1.54) is 36.6 Å². The van der Waals surface area contributed by atoms with Crippen LogP contribution < -0.4 is 5.32 Å². The summed E-state index contributed by atoms with van der Waals surface area (Å²) >= 11 is 1.28. The highest BCUT2D eigenvalue weighted by molar-refractivity contribution is 7.13. The SMILES string of the molecule is CC(=O)O[C@H]1C=C([C@H](C)[C@H]2CC(C)=C(C)C(=O)O2)[C@@]2(C)CC[C@H]3[C@@H](C[C@H]4O[C@]45[C@@H](OC(=O)/C=C/Nc4nncs4)C=CC(=O)[C@]35C)[C@@]12O. The Hall–Kier alpha value is -3.68. The van der Waals surface area contributed by atoms with Gasteiger partial charge in [0.25, 0.3) is 0 Å². The number of rotatable bonds is 7. The van der Waals surface area contributed by atoms with Gasteiger partial charge in [-0.25, -0.2) is 9.59 Å². The number of hydrogen-bond donors (Lipinski definition) is 2. The van der Waals surface area contributed by atoms with E-state index in [0.29, 0.717) is 36.4 Å². The minimum atomic E-state index is -1.57. The molecule has 2 N–H and O–H groups in total. The number of allylic oxidation sites excluding steroid dienone is 1. The van der Waals surface area contributed by atoms with Crippen molar-refractivity contribution in [2.75, 3.05) is 5.32 Å². The molecular weight excluding hydrogens is 638 g/mol. The van der Waals surface area contributed by atoms with Crippen molar-refractivity contribution in [2.24, 2.45) is 28.6 Å². The highest BCUT2D eigenvalue weighted by Crippen LogP contribution is 2.74. The Morgan fingerprint density at radius 3 is 2.65 bits per heavy atom. The van der Waals surface area contributed by atoms with E-state index in [9.17, 15) is 24.3 Å². The largest absolute Gasteiger partial charge is 0.458 e. The van der Waals surface area contributed by atoms with Gasteiger partial charge in [-0.3, -0.25) is 9.59 Å². The topological polar surface area (TPSA) is 167 Å². The summed E-state index contributed by atoms with van der Waals surface area (Å²) in [5.74, 6) is -2.77. The van der Waals surface area contributed by atoms with Crippen molar-refractivity contribution in [1.82, 2.24) is 10.2 Å². The molecule has 1 spiro atoms. The molecule has 256 valence electrons. The van der Waals surface area contributed by atoms with Crippen LogP contribution in [0.25, 0.3) is 0 Å². The predicted octanol–water partition coefficient (Wildman–Crippen LogP) is 3.99. The first-order valence-corrected chi connectivity index (χ1v) is 17.4. The number of nitrogens with zero attached hydrogens (tertiary/aromatic N) is 2. The molecule has 3 heterocycles. The van der Waals surface area contributed by atoms with E-state index in [1.807, 2.05) is 33.8 Å². The summed E-state index contributed by atoms with van der Waals surface area (Å²) in [6.45, 7) is 10.9. The number of anilines is 1. The van der Waals surface area contributed by atoms with Crippen molar-refractivity contribution in [3.8, 4) is 0 Å². The Morgan fingerprint density at radius 2 is 1.96 bits per heavy atom. The normalized spacial score (nSPS) is 41.8. The Balaban J connectivity index is 1.19. The molecule has 2 aliphatic heterocycles. The molecule has 0 unspecified atom stereocenters. The lowest BCUT2D eigenvalue weighted by atomic mass is 9.42. The van der Waals surface area contributed by atoms with Gasteiger partial charge >= 0.3 is 17.9 Å². The number of aromatic nitrogens is 2. The molecule has 1 aromatic rings. The Labute approximate surface area is 282 Å². The number of epoxide rings is 1. The van der Waals surface area contributed by atoms with Gasteiger partial charge in [-0.1, -0.05) is 36.3 Å². The second-order valence-corrected chi connectivity index (χ2v) is 15.4. The summed E-state index contributed by atoms with van der Waals surface area (Å²) in [7, 11) is 0. The second kappa shape index (κ2) is 11.2. The van der Waals surface area contributed by atoms with Crippen molar-refractivity contribution in [2.45, 2.75) is 103 Å². The number of ether oxygens (including phenoxy) is 4. The van der Waals surface area contributed by atoms with Gasteiger partial charge in [0, 0.05) is 42.5 Å². The number of nitrogens with one attached hydrogen (secondary N) is 1. The number of carbonyl (C=O) groups excluding carboxylic acids is 4. The van der Waals surface area contributed by atoms with Crippen molar-refractivity contribution < 1.29 is 43.2 Å². The van der Waals surface area contributed by atoms with E-state index < -0.39 is 64.3 Å². The zero-order chi connectivity index (χ0) is 34.4. The standard InChI is InChI=1S/C35H41N3O9S/c1-17-13-24(45-30(42)18(17)2)19(3)22-14-27(44-20(4)39)34(43)23-15-28-35(47-28)26(46-29(41)10-12-36-31-38-37-16-48-31)8-7-25(40)33(35,6)21(23)9-11-32(22,34)5/h7-8,10,12,14,16,19,21,23-24,26-28,43H,9,11,13,15H2,1-6H3,(H,36,38)/b12-10+/t19-,21-,23+,24+,26-,27-,28+,32+,33-,34+,35+/m0/s1. The van der Waals surface area contributed by atoms with Crippen LogP contribution in [-0.4, -0.2) is 74.6 Å². The Kier molecular flexibility index (Phi) is 7.65. The lowest BCUT2D eigenvalue weighted by molar-refractivity contribution is -0.225. The highest BCUT2D eigenvalue weighted by Gasteiger charge is 2.83. The maximum atomic E-state index is 14.0. The summed E-state index contributed by atoms with van der Waals surface area (Å²) in [5, 5.41) is 24.1. The maximum Gasteiger partial charge on any atom is 0.333 e. The molecule has 6 aliphatic rings. The van der Waals surface area contributed by atoms with Gasteiger partial charge in [0.2, 0.25) is 5.13 Å². The summed E-state index contributed by atoms with van der Waals surface area (Å²) < 4.78 is 24.1. The Morgan fingerprint density at radius 1 is 1.19 bits per heavy atom. The molecular formula is C35H41N3O9S. The highest BCUT2D eigenvalue weighted by atomic mass is 32.1. The monoisotopic (exact) mass is 679 g/mol. The molecule has 0 aromatic carbocycles. The average Bonchev–Trinajstić information content (AvgIpc) is 3.44. The van der Waals surface area contributed by atoms with Crippen LogP contribution in [0.1, 0.15) is 67.2 Å². The molecule has 13 heteroatoms. The molecule has 0 bridgehead atoms. The van der Waals surface area contributed by atoms with Gasteiger partial charge < -0.3 is 29.4 Å². The molecule has 1 aromatic heterocycles. The van der Waals surface area contributed by atoms with Gasteiger partial charge in [-0.2, -0.15) is 0 Å². The molecule has 48 heavy (non-hydrogen) atoms. The smallest absolute Gasteiger partial charge is 0.333 e. The molecule has 11 atom stereocenters. The first-order chi connectivity index (χ1) is 22.7. The zero-order valence-electron chi connectivity index (χ0n) is 27.8. The molecule has 7 rings (SSSR count). The van der Waals surface area contributed by atoms with Crippen LogP contribution in [0.3, 0.4) is 0 Å². The maximum absolute atomic E-state index is 14.0. The van der Waals surface area contributed by atoms with Gasteiger partial charge in [0.1, 0.15) is 28.9 Å². The molecule has 0 amide bonds. The van der Waals surface area contributed by atoms with E-state index in [2.05, 4.69) is 15.5 Å². The van der Waals surface area contributed by atoms with Crippen LogP contribution in [0.15, 0.2) is 52.7 Å². The lowest BCUT2D eigenvalue weighted by Crippen LogP contribution is -2.70. The number of hydrogen-bond acceptors (Lipinski definition) is 13. The fraction of sp³-hybridized carbons (Fsp3) is 0.600. The summed E-state index contributed by atoms with van der Waals surface area (Å²) in [6, 6.07) is 0. The molecule has 1 saturated heterocycles. The first-order valence-electron chi connectivity index (χ1n) is 16.5. The summed E-state index contributed by atoms with van der Waals surface area (Å²) in [5.41, 5.74) is -0.608. The number of carbonyl (C=O) groups is 4. The van der Waals surface area contributed by atoms with Gasteiger partial charge in [-0.05, 0) is 70.1 Å². The number of cyclic esters (lactones) is 1. The summed E-state index contributed by atoms with van der Waals surface area (Å²) in [6.07, 6.45) is 6.87. The third-order valence-electron chi connectivity index (χ3n) is 12.5. The van der Waals surface area contributed by atoms with Gasteiger partial charge in [-0.15, -0.1) is 10.2 Å². The van der Waals surface area contributed by atoms with Crippen LogP contribution >= 0.6 is 11.3 Å². The molecule has 4 aliphatic carbocycles. The van der Waals surface area contributed by atoms with Crippen molar-refractivity contribution in [3.63, 3.8) is 0 Å². The first kappa shape index (κ1) is 32.8. The fourth-order valence-corrected chi connectivity index (χ4v) is 10.3. The van der Waals surface area contributed by atoms with Crippen molar-refractivity contribution in [1.29, 1.82) is 0 Å². The average molecular weight is 680 g/mol. The predicted molar refractivity (Wildman–Crippen MR) is 172 cm³/mol. The van der Waals surface area contributed by atoms with E-state index in [0.717, 1.165) is 11.1 Å². The number of aliphatic hydroxyl groups is 1. The molecule has 3 fully saturated rings. The summed E-state index contributed by atoms with van der Waals surface area (Å²) in [4.78, 5) is 52.1. The van der Waals surface area contributed by atoms with Crippen LogP contribution in [-0.2, 0) is 38.1 Å². The lowest BCUT2D eigenvalue weighted by Gasteiger charge is -2.61. The van der Waals surface area contributed by atoms with E-state index in [1.54, 1.807) is 18.5 Å². The van der Waals surface area contributed by atoms with Gasteiger partial charge in [0.05, 0.1) is 11.5 Å². The molecule has 0 radical (unpaired) electrons. The van der Waals surface area contributed by atoms with Gasteiger partial charge in [0.15, 0.2) is 11.9 Å². The third-order valence-corrected chi connectivity index (χ3v) is 13.1. The number of fused-ring (bicyclic) bond motifs is 4. The van der Waals surface area contributed by atoms with Crippen LogP contribution in [0, 0.1) is 28.6 Å². The molecule has 2 saturated carbocycles. The minimum absolute atomic E-state index is 0.150. The van der Waals surface area contributed by atoms with Crippen LogP contribution in [0.4, 0.5) is 5.13 Å². The minimum Gasteiger partial charge on any atom is -0.458 e. The second-order valence-electron chi connectivity index (χ2n) is 14.5. The van der Waals surface area contributed by atoms with Crippen LogP contribution in [0.2, 0.25) is 0 Å². The van der Waals surface area contributed by atoms with Crippen molar-refractivity contribution >= 4 is 40.2 Å². The van der Waals surface area contributed by atoms with Crippen LogP contribution in [0.5, 0.6) is 0 Å². The third kappa shape index (κ3) is 4.46. The number of esters is 3. The zero-order valence-corrected chi connectivity index (χ0v) is 28.7. The number of ketones is 1. The fourth-order valence-electron chi connectivity index (χ4n) is 9.83.